The zero-order valence-electron chi connectivity index (χ0n) is 68.7. The molecule has 3 rings (SSSR count). The van der Waals surface area contributed by atoms with Crippen LogP contribution in [0.15, 0.2) is 85.5 Å². The first-order chi connectivity index (χ1) is 56.1. The maximum Gasteiger partial charge on any atom is 0.343 e. The molecule has 3 aromatic carbocycles. The molecular formula is C90H134O25. The molecule has 115 heavy (non-hydrogen) atoms. The van der Waals surface area contributed by atoms with Crippen LogP contribution in [0.5, 0.6) is 23.0 Å². The van der Waals surface area contributed by atoms with Gasteiger partial charge in [-0.05, 0) is 246 Å². The molecule has 0 aliphatic carbocycles. The van der Waals surface area contributed by atoms with Gasteiger partial charge < -0.3 is 66.7 Å². The van der Waals surface area contributed by atoms with E-state index in [2.05, 4.69) is 6.58 Å². The maximum atomic E-state index is 12.9. The van der Waals surface area contributed by atoms with Crippen molar-refractivity contribution in [3.63, 3.8) is 0 Å². The van der Waals surface area contributed by atoms with Crippen molar-refractivity contribution < 1.29 is 119 Å². The van der Waals surface area contributed by atoms with E-state index in [1.54, 1.807) is 72.8 Å². The van der Waals surface area contributed by atoms with Gasteiger partial charge in [0.15, 0.2) is 0 Å². The van der Waals surface area contributed by atoms with Crippen molar-refractivity contribution in [2.45, 2.75) is 302 Å². The average Bonchev–Trinajstić information content (AvgIpc) is 0.876. The first-order valence-corrected chi connectivity index (χ1v) is 42.8. The number of aliphatic hydroxyl groups is 1. The lowest BCUT2D eigenvalue weighted by Crippen LogP contribution is -2.09. The summed E-state index contributed by atoms with van der Waals surface area (Å²) in [5.41, 5.74) is 0.734. The van der Waals surface area contributed by atoms with Crippen LogP contribution in [0.3, 0.4) is 0 Å². The molecule has 25 heteroatoms. The molecule has 0 radical (unpaired) electrons. The van der Waals surface area contributed by atoms with E-state index < -0.39 is 11.9 Å². The van der Waals surface area contributed by atoms with Crippen molar-refractivity contribution in [2.24, 2.45) is 0 Å². The second kappa shape index (κ2) is 70.5. The highest BCUT2D eigenvalue weighted by atomic mass is 16.6. The first kappa shape index (κ1) is 100. The molecule has 3 aromatic rings. The molecule has 25 nitrogen and oxygen atoms in total. The molecule has 644 valence electrons. The Morgan fingerprint density at radius 3 is 0.626 bits per heavy atom. The summed E-state index contributed by atoms with van der Waals surface area (Å²) in [4.78, 5) is 133. The minimum atomic E-state index is -0.537. The van der Waals surface area contributed by atoms with E-state index in [-0.39, 0.29) is 106 Å². The number of hydrogen-bond donors (Lipinski definition) is 1. The number of unbranched alkanes of at least 4 members (excludes halogenated alkanes) is 29. The Morgan fingerprint density at radius 1 is 0.226 bits per heavy atom. The molecule has 0 heterocycles. The van der Waals surface area contributed by atoms with E-state index in [1.807, 2.05) is 0 Å². The van der Waals surface area contributed by atoms with Gasteiger partial charge in [0.1, 0.15) is 23.0 Å². The lowest BCUT2D eigenvalue weighted by Gasteiger charge is -2.09. The zero-order valence-corrected chi connectivity index (χ0v) is 68.7. The highest BCUT2D eigenvalue weighted by Gasteiger charge is 2.16. The minimum absolute atomic E-state index is 0.129. The summed E-state index contributed by atoms with van der Waals surface area (Å²) in [5, 5.41) is 8.78. The largest absolute Gasteiger partial charge is 0.494 e. The fourth-order valence-corrected chi connectivity index (χ4v) is 11.7. The van der Waals surface area contributed by atoms with Crippen LogP contribution in [0.4, 0.5) is 0 Å². The van der Waals surface area contributed by atoms with Gasteiger partial charge in [0.05, 0.1) is 83.8 Å². The molecule has 1 N–H and O–H groups in total. The lowest BCUT2D eigenvalue weighted by molar-refractivity contribution is -0.146. The van der Waals surface area contributed by atoms with E-state index in [0.717, 1.165) is 116 Å². The van der Waals surface area contributed by atoms with Crippen molar-refractivity contribution in [3.8, 4) is 23.0 Å². The third-order valence-electron chi connectivity index (χ3n) is 18.5. The van der Waals surface area contributed by atoms with Gasteiger partial charge in [0.25, 0.3) is 0 Å². The molecule has 0 fully saturated rings. The Balaban J connectivity index is 0.998. The quantitative estimate of drug-likeness (QED) is 0.0180. The van der Waals surface area contributed by atoms with Crippen molar-refractivity contribution in [2.75, 3.05) is 79.3 Å². The smallest absolute Gasteiger partial charge is 0.343 e. The molecule has 0 spiro atoms. The second-order valence-electron chi connectivity index (χ2n) is 28.6. The molecule has 0 atom stereocenters. The highest BCUT2D eigenvalue weighted by Crippen LogP contribution is 2.23. The Bertz CT molecular complexity index is 3110. The van der Waals surface area contributed by atoms with Gasteiger partial charge >= 0.3 is 65.7 Å². The van der Waals surface area contributed by atoms with Crippen LogP contribution in [-0.4, -0.2) is 150 Å². The Hall–Kier alpha value is -8.87. The first-order valence-electron chi connectivity index (χ1n) is 42.8. The number of ether oxygens (including phenoxy) is 13. The van der Waals surface area contributed by atoms with Gasteiger partial charge in [-0.3, -0.25) is 38.4 Å². The molecule has 0 aromatic heterocycles. The van der Waals surface area contributed by atoms with Gasteiger partial charge in [0, 0.05) is 64.0 Å². The number of benzene rings is 3. The summed E-state index contributed by atoms with van der Waals surface area (Å²) in [6, 6.07) is 19.8. The Labute approximate surface area is 682 Å². The van der Waals surface area contributed by atoms with Crippen molar-refractivity contribution in [3.05, 3.63) is 96.6 Å². The maximum absolute atomic E-state index is 12.9. The molecule has 0 aliphatic rings. The molecule has 0 unspecified atom stereocenters. The zero-order chi connectivity index (χ0) is 82.9. The predicted molar refractivity (Wildman–Crippen MR) is 433 cm³/mol. The van der Waals surface area contributed by atoms with E-state index >= 15 is 0 Å². The molecule has 0 bridgehead atoms. The van der Waals surface area contributed by atoms with E-state index in [4.69, 9.17) is 66.7 Å². The van der Waals surface area contributed by atoms with Gasteiger partial charge in [-0.2, -0.15) is 0 Å². The van der Waals surface area contributed by atoms with Crippen LogP contribution in [-0.2, 0) is 85.8 Å². The Morgan fingerprint density at radius 2 is 0.409 bits per heavy atom. The number of carbonyl (C=O) groups is 11. The predicted octanol–water partition coefficient (Wildman–Crippen LogP) is 18.3. The van der Waals surface area contributed by atoms with Crippen molar-refractivity contribution in [1.82, 2.24) is 0 Å². The fourth-order valence-electron chi connectivity index (χ4n) is 11.7. The topological polar surface area (TPSA) is 328 Å². The van der Waals surface area contributed by atoms with Crippen LogP contribution in [0.25, 0.3) is 0 Å². The molecule has 0 saturated carbocycles. The van der Waals surface area contributed by atoms with Crippen molar-refractivity contribution >= 4 is 65.7 Å². The van der Waals surface area contributed by atoms with Gasteiger partial charge in [-0.15, -0.1) is 0 Å². The van der Waals surface area contributed by atoms with Gasteiger partial charge in [-0.1, -0.05) is 83.6 Å². The fraction of sp³-hybridized carbons (Fsp3) is 0.656. The molecule has 0 amide bonds. The van der Waals surface area contributed by atoms with Crippen LogP contribution in [0, 0.1) is 0 Å². The van der Waals surface area contributed by atoms with Crippen molar-refractivity contribution in [1.29, 1.82) is 0 Å². The number of esters is 11. The number of carbonyl (C=O) groups excluding carboxylic acids is 11. The summed E-state index contributed by atoms with van der Waals surface area (Å²) >= 11 is 0. The van der Waals surface area contributed by atoms with E-state index in [9.17, 15) is 52.7 Å². The normalized spacial score (nSPS) is 10.9. The summed E-state index contributed by atoms with van der Waals surface area (Å²) in [7, 11) is 0. The molecule has 0 saturated heterocycles. The van der Waals surface area contributed by atoms with Gasteiger partial charge in [0.2, 0.25) is 0 Å². The highest BCUT2D eigenvalue weighted by molar-refractivity contribution is 5.92. The third-order valence-corrected chi connectivity index (χ3v) is 18.5. The van der Waals surface area contributed by atoms with E-state index in [1.165, 1.54) is 25.3 Å². The minimum Gasteiger partial charge on any atom is -0.494 e. The number of rotatable bonds is 75. The Kier molecular flexibility index (Phi) is 61.5. The average molecular weight is 1620 g/mol. The van der Waals surface area contributed by atoms with Crippen LogP contribution >= 0.6 is 0 Å². The number of hydrogen-bond acceptors (Lipinski definition) is 25. The summed E-state index contributed by atoms with van der Waals surface area (Å²) in [5.74, 6) is -1.59. The summed E-state index contributed by atoms with van der Waals surface area (Å²) in [6.45, 7) is 7.59. The van der Waals surface area contributed by atoms with Crippen LogP contribution in [0.1, 0.15) is 322 Å². The molecular weight excluding hydrogens is 1480 g/mol. The van der Waals surface area contributed by atoms with E-state index in [0.29, 0.717) is 228 Å². The number of aliphatic hydroxyl groups excluding tert-OH is 1. The molecule has 0 aliphatic heterocycles. The lowest BCUT2D eigenvalue weighted by atomic mass is 10.1. The van der Waals surface area contributed by atoms with Crippen LogP contribution in [0.2, 0.25) is 0 Å². The second-order valence-corrected chi connectivity index (χ2v) is 28.6. The van der Waals surface area contributed by atoms with Gasteiger partial charge in [-0.25, -0.2) is 14.4 Å². The monoisotopic (exact) mass is 1610 g/mol. The summed E-state index contributed by atoms with van der Waals surface area (Å²) in [6.07, 6.45) is 35.5. The van der Waals surface area contributed by atoms with Crippen LogP contribution < -0.4 is 18.9 Å². The standard InChI is InChI=1S/C90H134O25/c1-2-80(92)105-65-33-12-7-5-3-4-6-10-31-63-103-76-54-50-74(51-55-76)89(101)114-78-58-60-79(61-59-78)115-90(102)75-52-56-77(57-53-75)104-64-32-11-8-9-13-34-66-106-82(94)43-23-15-36-68-108-84(96)45-25-17-38-70-110-86(98)47-27-19-40-72-112-88(100)49-29-21-41-73-113-87(99)48-28-20-39-71-111-85(97)46-26-18-37-69-109-83(95)44-24-16-35-67-107-81(93)42-22-14-30-62-91/h2,50-61,91H,1,3-49,62-73H2. The third kappa shape index (κ3) is 59.5. The summed E-state index contributed by atoms with van der Waals surface area (Å²) < 4.78 is 70.3. The SMILES string of the molecule is C=CC(=O)OCCCCCCCCCCCOc1ccc(C(=O)Oc2ccc(OC(=O)c3ccc(OCCCCCCCCOC(=O)CCCCCOC(=O)CCCCCOC(=O)CCCCCOC(=O)CCCCCOC(=O)CCCCCOC(=O)CCCCCOC(=O)CCCCCOC(=O)CCCCCO)cc3)cc2)cc1.